The third kappa shape index (κ3) is 2.09. The Kier molecular flexibility index (Phi) is 2.98. The van der Waals surface area contributed by atoms with Crippen LogP contribution in [0.15, 0.2) is 34.9 Å². The summed E-state index contributed by atoms with van der Waals surface area (Å²) in [7, 11) is 0. The maximum absolute atomic E-state index is 6.11. The highest BCUT2D eigenvalue weighted by atomic mass is 16.5. The molecule has 2 N–H and O–H groups in total. The maximum Gasteiger partial charge on any atom is 0.266 e. The number of nitrogens with zero attached hydrogens (tertiary/aromatic N) is 3. The molecule has 94 valence electrons. The fourth-order valence-corrected chi connectivity index (χ4v) is 2.20. The Morgan fingerprint density at radius 1 is 1.17 bits per heavy atom. The molecule has 2 heterocycles. The molecule has 1 atom stereocenters. The third-order valence-corrected chi connectivity index (χ3v) is 3.24. The van der Waals surface area contributed by atoms with Gasteiger partial charge in [-0.1, -0.05) is 30.3 Å². The monoisotopic (exact) mass is 244 g/mol. The smallest absolute Gasteiger partial charge is 0.266 e. The van der Waals surface area contributed by atoms with E-state index in [1.807, 2.05) is 30.3 Å². The molecule has 3 rings (SSSR count). The molecule has 1 fully saturated rings. The second kappa shape index (κ2) is 4.78. The second-order valence-electron chi connectivity index (χ2n) is 4.52. The lowest BCUT2D eigenvalue weighted by atomic mass is 10.1. The molecule has 0 spiro atoms. The van der Waals surface area contributed by atoms with Gasteiger partial charge in [-0.2, -0.15) is 4.98 Å². The van der Waals surface area contributed by atoms with Gasteiger partial charge in [0.15, 0.2) is 0 Å². The van der Waals surface area contributed by atoms with Gasteiger partial charge < -0.3 is 15.2 Å². The van der Waals surface area contributed by atoms with Crippen LogP contribution in [0.4, 0.5) is 5.95 Å². The Balaban J connectivity index is 1.80. The quantitative estimate of drug-likeness (QED) is 0.890. The number of hydrogen-bond acceptors (Lipinski definition) is 5. The average molecular weight is 244 g/mol. The first kappa shape index (κ1) is 11.2. The molecule has 1 aromatic carbocycles. The summed E-state index contributed by atoms with van der Waals surface area (Å²) in [6, 6.07) is 9.43. The third-order valence-electron chi connectivity index (χ3n) is 3.24. The summed E-state index contributed by atoms with van der Waals surface area (Å²) in [4.78, 5) is 6.52. The number of hydrogen-bond donors (Lipinski definition) is 1. The molecule has 1 unspecified atom stereocenters. The fourth-order valence-electron chi connectivity index (χ4n) is 2.20. The van der Waals surface area contributed by atoms with Gasteiger partial charge in [0.25, 0.3) is 5.95 Å². The topological polar surface area (TPSA) is 68.2 Å². The minimum absolute atomic E-state index is 0.352. The number of nitrogens with two attached hydrogens (primary N) is 1. The lowest BCUT2D eigenvalue weighted by Crippen LogP contribution is -2.19. The van der Waals surface area contributed by atoms with E-state index in [1.165, 1.54) is 12.8 Å². The average Bonchev–Trinajstić information content (AvgIpc) is 3.09. The van der Waals surface area contributed by atoms with Crippen molar-refractivity contribution in [2.75, 3.05) is 18.0 Å². The molecule has 5 nitrogen and oxygen atoms in total. The predicted octanol–water partition coefficient (Wildman–Crippen LogP) is 1.72. The first-order chi connectivity index (χ1) is 8.84. The van der Waals surface area contributed by atoms with Gasteiger partial charge >= 0.3 is 0 Å². The summed E-state index contributed by atoms with van der Waals surface area (Å²) in [6.07, 6.45) is 2.38. The van der Waals surface area contributed by atoms with E-state index in [0.717, 1.165) is 18.7 Å². The summed E-state index contributed by atoms with van der Waals surface area (Å²) in [6.45, 7) is 2.00. The SMILES string of the molecule is NC(c1ccccc1)c1nc(N2CCCC2)no1. The van der Waals surface area contributed by atoms with Crippen LogP contribution in [0.1, 0.15) is 30.3 Å². The summed E-state index contributed by atoms with van der Waals surface area (Å²) in [5, 5.41) is 4.00. The van der Waals surface area contributed by atoms with Crippen LogP contribution in [0, 0.1) is 0 Å². The fraction of sp³-hybridized carbons (Fsp3) is 0.385. The molecule has 0 radical (unpaired) electrons. The van der Waals surface area contributed by atoms with Crippen LogP contribution in [0.25, 0.3) is 0 Å². The molecule has 0 bridgehead atoms. The zero-order valence-electron chi connectivity index (χ0n) is 10.1. The molecule has 0 amide bonds. The number of benzene rings is 1. The first-order valence-electron chi connectivity index (χ1n) is 6.23. The Hall–Kier alpha value is -1.88. The minimum atomic E-state index is -0.352. The Morgan fingerprint density at radius 3 is 2.61 bits per heavy atom. The molecule has 18 heavy (non-hydrogen) atoms. The Labute approximate surface area is 106 Å². The van der Waals surface area contributed by atoms with Crippen molar-refractivity contribution in [1.82, 2.24) is 10.1 Å². The molecular weight excluding hydrogens is 228 g/mol. The lowest BCUT2D eigenvalue weighted by molar-refractivity contribution is 0.366. The van der Waals surface area contributed by atoms with Gasteiger partial charge in [-0.15, -0.1) is 0 Å². The number of anilines is 1. The van der Waals surface area contributed by atoms with Crippen LogP contribution in [-0.4, -0.2) is 23.2 Å². The molecule has 1 aromatic heterocycles. The van der Waals surface area contributed by atoms with Crippen LogP contribution < -0.4 is 10.6 Å². The number of aromatic nitrogens is 2. The highest BCUT2D eigenvalue weighted by molar-refractivity contribution is 5.31. The summed E-state index contributed by atoms with van der Waals surface area (Å²) in [5.74, 6) is 1.14. The van der Waals surface area contributed by atoms with Gasteiger partial charge in [-0.3, -0.25) is 0 Å². The lowest BCUT2D eigenvalue weighted by Gasteiger charge is -2.10. The van der Waals surface area contributed by atoms with E-state index >= 15 is 0 Å². The van der Waals surface area contributed by atoms with Crippen LogP contribution >= 0.6 is 0 Å². The van der Waals surface area contributed by atoms with Crippen molar-refractivity contribution in [2.24, 2.45) is 5.73 Å². The highest BCUT2D eigenvalue weighted by Crippen LogP contribution is 2.21. The molecule has 5 heteroatoms. The molecule has 0 aliphatic carbocycles. The van der Waals surface area contributed by atoms with Crippen molar-refractivity contribution in [3.63, 3.8) is 0 Å². The molecule has 1 saturated heterocycles. The molecule has 0 saturated carbocycles. The zero-order chi connectivity index (χ0) is 12.4. The van der Waals surface area contributed by atoms with E-state index in [-0.39, 0.29) is 6.04 Å². The molecular formula is C13H16N4O. The van der Waals surface area contributed by atoms with Crippen molar-refractivity contribution < 1.29 is 4.52 Å². The summed E-state index contributed by atoms with van der Waals surface area (Å²) < 4.78 is 5.27. The molecule has 2 aromatic rings. The van der Waals surface area contributed by atoms with Gasteiger partial charge in [0.05, 0.1) is 0 Å². The van der Waals surface area contributed by atoms with Crippen LogP contribution in [0.2, 0.25) is 0 Å². The van der Waals surface area contributed by atoms with Gasteiger partial charge in [-0.25, -0.2) is 0 Å². The van der Waals surface area contributed by atoms with E-state index in [9.17, 15) is 0 Å². The van der Waals surface area contributed by atoms with Crippen LogP contribution in [-0.2, 0) is 0 Å². The van der Waals surface area contributed by atoms with Gasteiger partial charge in [0, 0.05) is 13.1 Å². The van der Waals surface area contributed by atoms with Crippen molar-refractivity contribution in [1.29, 1.82) is 0 Å². The Morgan fingerprint density at radius 2 is 1.89 bits per heavy atom. The summed E-state index contributed by atoms with van der Waals surface area (Å²) in [5.41, 5.74) is 7.09. The van der Waals surface area contributed by atoms with Gasteiger partial charge in [0.1, 0.15) is 6.04 Å². The van der Waals surface area contributed by atoms with Crippen LogP contribution in [0.5, 0.6) is 0 Å². The molecule has 1 aliphatic rings. The normalized spacial score (nSPS) is 17.1. The Bertz CT molecular complexity index is 505. The van der Waals surface area contributed by atoms with E-state index < -0.39 is 0 Å². The zero-order valence-corrected chi connectivity index (χ0v) is 10.1. The van der Waals surface area contributed by atoms with Crippen molar-refractivity contribution in [2.45, 2.75) is 18.9 Å². The summed E-state index contributed by atoms with van der Waals surface area (Å²) >= 11 is 0. The highest BCUT2D eigenvalue weighted by Gasteiger charge is 2.21. The minimum Gasteiger partial charge on any atom is -0.338 e. The van der Waals surface area contributed by atoms with E-state index in [1.54, 1.807) is 0 Å². The second-order valence-corrected chi connectivity index (χ2v) is 4.52. The van der Waals surface area contributed by atoms with E-state index in [0.29, 0.717) is 11.8 Å². The number of rotatable bonds is 3. The van der Waals surface area contributed by atoms with Gasteiger partial charge in [-0.05, 0) is 23.6 Å². The van der Waals surface area contributed by atoms with Crippen molar-refractivity contribution >= 4 is 5.95 Å². The van der Waals surface area contributed by atoms with Crippen LogP contribution in [0.3, 0.4) is 0 Å². The predicted molar refractivity (Wildman–Crippen MR) is 68.2 cm³/mol. The van der Waals surface area contributed by atoms with Crippen molar-refractivity contribution in [3.05, 3.63) is 41.8 Å². The maximum atomic E-state index is 6.11. The van der Waals surface area contributed by atoms with E-state index in [2.05, 4.69) is 15.0 Å². The molecule has 1 aliphatic heterocycles. The van der Waals surface area contributed by atoms with Crippen molar-refractivity contribution in [3.8, 4) is 0 Å². The van der Waals surface area contributed by atoms with Gasteiger partial charge in [0.2, 0.25) is 5.89 Å². The standard InChI is InChI=1S/C13H16N4O/c14-11(10-6-2-1-3-7-10)12-15-13(16-18-12)17-8-4-5-9-17/h1-3,6-7,11H,4-5,8-9,14H2. The van der Waals surface area contributed by atoms with E-state index in [4.69, 9.17) is 10.3 Å². The largest absolute Gasteiger partial charge is 0.338 e. The first-order valence-corrected chi connectivity index (χ1v) is 6.23.